The Morgan fingerprint density at radius 3 is 2.60 bits per heavy atom. The molecule has 0 aliphatic rings. The van der Waals surface area contributed by atoms with Crippen LogP contribution in [0.3, 0.4) is 0 Å². The number of benzene rings is 2. The molecule has 0 atom stereocenters. The van der Waals surface area contributed by atoms with Gasteiger partial charge in [-0.15, -0.1) is 0 Å². The molecule has 12 heteroatoms. The molecule has 0 aliphatic carbocycles. The van der Waals surface area contributed by atoms with Crippen LogP contribution in [0.5, 0.6) is 11.6 Å². The van der Waals surface area contributed by atoms with Gasteiger partial charge in [0.2, 0.25) is 11.5 Å². The molecule has 0 saturated heterocycles. The smallest absolute Gasteiger partial charge is 0.335 e. The SMILES string of the molecule is Cn1c(=O)[nH]/c(=N\c2ccc(Oc3cc(C(=O)O)ccn3)c(F)c2)n(Cc2ccc(Cl)cc2)c1=O. The van der Waals surface area contributed by atoms with E-state index in [1.54, 1.807) is 24.3 Å². The van der Waals surface area contributed by atoms with Gasteiger partial charge in [0, 0.05) is 30.4 Å². The maximum Gasteiger partial charge on any atom is 0.335 e. The third kappa shape index (κ3) is 5.36. The molecule has 10 nitrogen and oxygen atoms in total. The van der Waals surface area contributed by atoms with Crippen LogP contribution in [0.2, 0.25) is 5.02 Å². The third-order valence-corrected chi connectivity index (χ3v) is 5.15. The number of carboxylic acid groups (broad SMARTS) is 1. The van der Waals surface area contributed by atoms with Crippen LogP contribution in [0, 0.1) is 5.82 Å². The monoisotopic (exact) mass is 497 g/mol. The predicted molar refractivity (Wildman–Crippen MR) is 124 cm³/mol. The minimum atomic E-state index is -1.18. The number of rotatable bonds is 6. The second-order valence-corrected chi connectivity index (χ2v) is 7.76. The molecular formula is C23H17ClFN5O5. The number of ether oxygens (including phenoxy) is 1. The van der Waals surface area contributed by atoms with Gasteiger partial charge in [0.15, 0.2) is 11.6 Å². The first kappa shape index (κ1) is 23.6. The van der Waals surface area contributed by atoms with Crippen LogP contribution in [0.25, 0.3) is 0 Å². The zero-order chi connectivity index (χ0) is 25.1. The number of halogens is 2. The van der Waals surface area contributed by atoms with Crippen LogP contribution in [-0.4, -0.2) is 30.2 Å². The fourth-order valence-corrected chi connectivity index (χ4v) is 3.21. The molecule has 2 aromatic heterocycles. The van der Waals surface area contributed by atoms with Crippen molar-refractivity contribution in [2.45, 2.75) is 6.54 Å². The van der Waals surface area contributed by atoms with Crippen molar-refractivity contribution < 1.29 is 19.0 Å². The molecular weight excluding hydrogens is 481 g/mol. The molecule has 178 valence electrons. The van der Waals surface area contributed by atoms with Crippen LogP contribution >= 0.6 is 11.6 Å². The Labute approximate surface area is 201 Å². The van der Waals surface area contributed by atoms with Crippen molar-refractivity contribution in [1.82, 2.24) is 19.1 Å². The average molecular weight is 498 g/mol. The minimum Gasteiger partial charge on any atom is -0.478 e. The van der Waals surface area contributed by atoms with Crippen molar-refractivity contribution in [2.75, 3.05) is 0 Å². The normalized spacial score (nSPS) is 11.5. The molecule has 0 saturated carbocycles. The number of nitrogens with one attached hydrogen (secondary N) is 1. The first-order valence-corrected chi connectivity index (χ1v) is 10.4. The van der Waals surface area contributed by atoms with Gasteiger partial charge >= 0.3 is 17.3 Å². The highest BCUT2D eigenvalue weighted by atomic mass is 35.5. The zero-order valence-electron chi connectivity index (χ0n) is 18.1. The maximum atomic E-state index is 14.7. The van der Waals surface area contributed by atoms with Crippen LogP contribution in [-0.2, 0) is 13.6 Å². The highest BCUT2D eigenvalue weighted by molar-refractivity contribution is 6.30. The van der Waals surface area contributed by atoms with E-state index in [2.05, 4.69) is 15.0 Å². The first-order chi connectivity index (χ1) is 16.7. The quantitative estimate of drug-likeness (QED) is 0.421. The predicted octanol–water partition coefficient (Wildman–Crippen LogP) is 2.83. The van der Waals surface area contributed by atoms with Gasteiger partial charge < -0.3 is 9.84 Å². The van der Waals surface area contributed by atoms with Gasteiger partial charge in [-0.3, -0.25) is 9.55 Å². The number of aromatic amines is 1. The Kier molecular flexibility index (Phi) is 6.60. The molecule has 0 aliphatic heterocycles. The van der Waals surface area contributed by atoms with Gasteiger partial charge in [-0.1, -0.05) is 23.7 Å². The van der Waals surface area contributed by atoms with E-state index < -0.39 is 23.2 Å². The second kappa shape index (κ2) is 9.77. The van der Waals surface area contributed by atoms with Crippen LogP contribution < -0.4 is 21.7 Å². The Balaban J connectivity index is 1.71. The summed E-state index contributed by atoms with van der Waals surface area (Å²) in [6, 6.07) is 12.9. The van der Waals surface area contributed by atoms with E-state index in [-0.39, 0.29) is 35.0 Å². The summed E-state index contributed by atoms with van der Waals surface area (Å²) >= 11 is 5.92. The molecule has 4 aromatic rings. The lowest BCUT2D eigenvalue weighted by Gasteiger charge is -2.09. The fraction of sp³-hybridized carbons (Fsp3) is 0.0870. The molecule has 2 aromatic carbocycles. The minimum absolute atomic E-state index is 0.0677. The summed E-state index contributed by atoms with van der Waals surface area (Å²) < 4.78 is 22.2. The molecule has 0 amide bonds. The van der Waals surface area contributed by atoms with E-state index in [9.17, 15) is 18.8 Å². The zero-order valence-corrected chi connectivity index (χ0v) is 18.9. The molecule has 0 radical (unpaired) electrons. The summed E-state index contributed by atoms with van der Waals surface area (Å²) in [5.41, 5.74) is -0.640. The molecule has 0 unspecified atom stereocenters. The number of pyridine rings is 1. The number of carboxylic acids is 1. The Morgan fingerprint density at radius 1 is 1.17 bits per heavy atom. The van der Waals surface area contributed by atoms with Crippen molar-refractivity contribution in [1.29, 1.82) is 0 Å². The van der Waals surface area contributed by atoms with E-state index in [1.807, 2.05) is 0 Å². The average Bonchev–Trinajstić information content (AvgIpc) is 2.83. The Morgan fingerprint density at radius 2 is 1.91 bits per heavy atom. The van der Waals surface area contributed by atoms with E-state index in [0.717, 1.165) is 22.3 Å². The molecule has 2 heterocycles. The summed E-state index contributed by atoms with van der Waals surface area (Å²) in [5, 5.41) is 9.59. The number of aromatic nitrogens is 4. The van der Waals surface area contributed by atoms with Crippen molar-refractivity contribution in [3.63, 3.8) is 0 Å². The molecule has 2 N–H and O–H groups in total. The highest BCUT2D eigenvalue weighted by Gasteiger charge is 2.11. The lowest BCUT2D eigenvalue weighted by Crippen LogP contribution is -2.48. The van der Waals surface area contributed by atoms with Gasteiger partial charge in [-0.25, -0.2) is 33.3 Å². The number of hydrogen-bond donors (Lipinski definition) is 2. The maximum absolute atomic E-state index is 14.7. The van der Waals surface area contributed by atoms with Crippen molar-refractivity contribution in [3.8, 4) is 11.6 Å². The van der Waals surface area contributed by atoms with Gasteiger partial charge in [-0.05, 0) is 35.9 Å². The van der Waals surface area contributed by atoms with Crippen molar-refractivity contribution >= 4 is 23.3 Å². The van der Waals surface area contributed by atoms with Gasteiger partial charge in [0.1, 0.15) is 0 Å². The molecule has 35 heavy (non-hydrogen) atoms. The molecule has 4 rings (SSSR count). The van der Waals surface area contributed by atoms with E-state index in [0.29, 0.717) is 5.02 Å². The van der Waals surface area contributed by atoms with Crippen LogP contribution in [0.1, 0.15) is 15.9 Å². The van der Waals surface area contributed by atoms with Crippen molar-refractivity contribution in [2.24, 2.45) is 12.0 Å². The standard InChI is InChI=1S/C23H17ClFN5O5/c1-29-22(33)28-21(30(23(29)34)12-13-2-4-15(24)5-3-13)27-16-6-7-18(17(25)11-16)35-19-10-14(20(31)32)8-9-26-19/h2-11H,12H2,1H3,(H,31,32)(H,27,28,33). The lowest BCUT2D eigenvalue weighted by atomic mass is 10.2. The third-order valence-electron chi connectivity index (χ3n) is 4.90. The fourth-order valence-electron chi connectivity index (χ4n) is 3.08. The molecule has 0 spiro atoms. The van der Waals surface area contributed by atoms with Crippen molar-refractivity contribution in [3.05, 3.63) is 109 Å². The van der Waals surface area contributed by atoms with Gasteiger partial charge in [0.05, 0.1) is 17.8 Å². The number of H-pyrrole nitrogens is 1. The number of aromatic carboxylic acids is 1. The summed E-state index contributed by atoms with van der Waals surface area (Å²) in [6.45, 7) is 0.0781. The summed E-state index contributed by atoms with van der Waals surface area (Å²) in [5.74, 6) is -2.32. The van der Waals surface area contributed by atoms with Crippen LogP contribution in [0.4, 0.5) is 10.1 Å². The van der Waals surface area contributed by atoms with Gasteiger partial charge in [-0.2, -0.15) is 0 Å². The summed E-state index contributed by atoms with van der Waals surface area (Å²) in [6.07, 6.45) is 1.23. The van der Waals surface area contributed by atoms with E-state index in [1.165, 1.54) is 36.0 Å². The largest absolute Gasteiger partial charge is 0.478 e. The van der Waals surface area contributed by atoms with Gasteiger partial charge in [0.25, 0.3) is 0 Å². The number of nitrogens with zero attached hydrogens (tertiary/aromatic N) is 4. The lowest BCUT2D eigenvalue weighted by molar-refractivity contribution is 0.0696. The van der Waals surface area contributed by atoms with E-state index >= 15 is 0 Å². The summed E-state index contributed by atoms with van der Waals surface area (Å²) in [4.78, 5) is 46.6. The topological polar surface area (TPSA) is 132 Å². The Hall–Kier alpha value is -4.51. The van der Waals surface area contributed by atoms with Crippen LogP contribution in [0.15, 0.2) is 75.4 Å². The second-order valence-electron chi connectivity index (χ2n) is 7.32. The highest BCUT2D eigenvalue weighted by Crippen LogP contribution is 2.27. The number of carbonyl (C=O) groups is 1. The summed E-state index contributed by atoms with van der Waals surface area (Å²) in [7, 11) is 1.32. The van der Waals surface area contributed by atoms with E-state index in [4.69, 9.17) is 21.4 Å². The Bertz CT molecular complexity index is 1610. The number of hydrogen-bond acceptors (Lipinski definition) is 6. The molecule has 0 bridgehead atoms. The molecule has 0 fully saturated rings. The first-order valence-electron chi connectivity index (χ1n) is 10.1.